The quantitative estimate of drug-likeness (QED) is 0.488. The van der Waals surface area contributed by atoms with Gasteiger partial charge >= 0.3 is 5.97 Å². The average molecular weight is 424 g/mol. The van der Waals surface area contributed by atoms with Gasteiger partial charge in [-0.15, -0.1) is 5.10 Å². The predicted octanol–water partition coefficient (Wildman–Crippen LogP) is 2.95. The van der Waals surface area contributed by atoms with Crippen LogP contribution in [0.25, 0.3) is 17.1 Å². The van der Waals surface area contributed by atoms with Gasteiger partial charge in [0, 0.05) is 22.3 Å². The highest BCUT2D eigenvalue weighted by atomic mass is 35.5. The molecule has 2 aromatic heterocycles. The highest BCUT2D eigenvalue weighted by Gasteiger charge is 2.14. The Morgan fingerprint density at radius 2 is 2.07 bits per heavy atom. The van der Waals surface area contributed by atoms with Gasteiger partial charge < -0.3 is 14.8 Å². The van der Waals surface area contributed by atoms with E-state index in [1.807, 2.05) is 18.2 Å². The van der Waals surface area contributed by atoms with Crippen molar-refractivity contribution in [2.45, 2.75) is 6.61 Å². The van der Waals surface area contributed by atoms with E-state index >= 15 is 0 Å². The maximum atomic E-state index is 12.0. The molecule has 150 valence electrons. The fourth-order valence-electron chi connectivity index (χ4n) is 2.77. The van der Waals surface area contributed by atoms with Crippen LogP contribution in [-0.2, 0) is 6.61 Å². The smallest absolute Gasteiger partial charge is 0.342 e. The van der Waals surface area contributed by atoms with Gasteiger partial charge in [-0.05, 0) is 24.3 Å². The summed E-state index contributed by atoms with van der Waals surface area (Å²) < 4.78 is 7.46. The molecule has 0 saturated carbocycles. The Hall–Kier alpha value is -3.98. The summed E-state index contributed by atoms with van der Waals surface area (Å²) in [5.41, 5.74) is 0.744. The van der Waals surface area contributed by atoms with E-state index in [9.17, 15) is 9.59 Å². The number of hydrogen-bond donors (Lipinski definition) is 2. The molecule has 0 unspecified atom stereocenters. The molecule has 10 heteroatoms. The van der Waals surface area contributed by atoms with Gasteiger partial charge in [0.15, 0.2) is 0 Å². The van der Waals surface area contributed by atoms with Crippen LogP contribution in [0.2, 0.25) is 5.02 Å². The van der Waals surface area contributed by atoms with E-state index in [1.54, 1.807) is 30.5 Å². The number of rotatable bonds is 6. The molecule has 4 rings (SSSR count). The molecule has 0 saturated heterocycles. The first-order valence-corrected chi connectivity index (χ1v) is 9.10. The number of halogens is 1. The van der Waals surface area contributed by atoms with E-state index in [-0.39, 0.29) is 12.4 Å². The molecule has 2 aromatic carbocycles. The van der Waals surface area contributed by atoms with Gasteiger partial charge in [0.25, 0.3) is 5.56 Å². The molecule has 0 bridgehead atoms. The third-order valence-corrected chi connectivity index (χ3v) is 4.64. The molecule has 2 heterocycles. The monoisotopic (exact) mass is 423 g/mol. The van der Waals surface area contributed by atoms with Crippen LogP contribution in [0.15, 0.2) is 65.8 Å². The Kier molecular flexibility index (Phi) is 5.27. The molecular formula is C20H14ClN5O4. The maximum Gasteiger partial charge on any atom is 0.342 e. The second-order valence-corrected chi connectivity index (χ2v) is 6.60. The highest BCUT2D eigenvalue weighted by Crippen LogP contribution is 2.29. The molecule has 9 nitrogen and oxygen atoms in total. The van der Waals surface area contributed by atoms with Crippen LogP contribution in [0.1, 0.15) is 15.9 Å². The van der Waals surface area contributed by atoms with E-state index in [4.69, 9.17) is 21.4 Å². The van der Waals surface area contributed by atoms with Crippen molar-refractivity contribution in [2.75, 3.05) is 0 Å². The van der Waals surface area contributed by atoms with Crippen LogP contribution in [0.4, 0.5) is 0 Å². The zero-order chi connectivity index (χ0) is 21.1. The van der Waals surface area contributed by atoms with E-state index < -0.39 is 17.1 Å². The molecule has 4 aromatic rings. The number of hydrogen-bond acceptors (Lipinski definition) is 6. The largest absolute Gasteiger partial charge is 0.487 e. The van der Waals surface area contributed by atoms with Crippen molar-refractivity contribution in [3.05, 3.63) is 87.6 Å². The third-order valence-electron chi connectivity index (χ3n) is 4.27. The summed E-state index contributed by atoms with van der Waals surface area (Å²) in [5, 5.41) is 17.4. The molecule has 2 N–H and O–H groups in total. The Bertz CT molecular complexity index is 1270. The summed E-state index contributed by atoms with van der Waals surface area (Å²) in [6.45, 7) is 0.239. The summed E-state index contributed by atoms with van der Waals surface area (Å²) in [6.07, 6.45) is 4.19. The van der Waals surface area contributed by atoms with Crippen LogP contribution in [0.3, 0.4) is 0 Å². The van der Waals surface area contributed by atoms with Gasteiger partial charge in [-0.1, -0.05) is 35.0 Å². The van der Waals surface area contributed by atoms with Crippen molar-refractivity contribution >= 4 is 17.6 Å². The lowest BCUT2D eigenvalue weighted by Crippen LogP contribution is -2.18. The molecular weight excluding hydrogens is 410 g/mol. The van der Waals surface area contributed by atoms with Crippen molar-refractivity contribution in [1.82, 2.24) is 25.0 Å². The first kappa shape index (κ1) is 19.3. The number of carboxylic acids is 1. The molecule has 0 aliphatic rings. The van der Waals surface area contributed by atoms with E-state index in [0.717, 1.165) is 11.8 Å². The standard InChI is InChI=1S/C20H14ClN5O4/c21-15-4-2-1-3-13(15)11-30-17-6-5-12(9-16(17)26-8-7-23-25-26)18-22-10-14(20(28)29)19(27)24-18/h1-10H,11H2,(H,28,29)(H,22,24,27). The van der Waals surface area contributed by atoms with Gasteiger partial charge in [-0.2, -0.15) is 0 Å². The van der Waals surface area contributed by atoms with E-state index in [1.165, 1.54) is 10.9 Å². The summed E-state index contributed by atoms with van der Waals surface area (Å²) in [6, 6.07) is 12.5. The SMILES string of the molecule is O=C(O)c1cnc(-c2ccc(OCc3ccccc3Cl)c(-n3ccnn3)c2)[nH]c1=O. The first-order valence-electron chi connectivity index (χ1n) is 8.73. The van der Waals surface area contributed by atoms with Crippen molar-refractivity contribution in [3.63, 3.8) is 0 Å². The minimum atomic E-state index is -1.35. The van der Waals surface area contributed by atoms with Gasteiger partial charge in [-0.25, -0.2) is 14.5 Å². The zero-order valence-electron chi connectivity index (χ0n) is 15.3. The number of aromatic amines is 1. The van der Waals surface area contributed by atoms with Crippen LogP contribution in [0, 0.1) is 0 Å². The number of carboxylic acid groups (broad SMARTS) is 1. The number of nitrogens with one attached hydrogen (secondary N) is 1. The number of aromatic carboxylic acids is 1. The normalized spacial score (nSPS) is 10.7. The fourth-order valence-corrected chi connectivity index (χ4v) is 2.96. The Morgan fingerprint density at radius 3 is 2.77 bits per heavy atom. The topological polar surface area (TPSA) is 123 Å². The van der Waals surface area contributed by atoms with E-state index in [2.05, 4.69) is 20.3 Å². The lowest BCUT2D eigenvalue weighted by atomic mass is 10.1. The molecule has 0 radical (unpaired) electrons. The lowest BCUT2D eigenvalue weighted by molar-refractivity contribution is 0.0694. The number of aromatic nitrogens is 5. The van der Waals surface area contributed by atoms with Crippen molar-refractivity contribution in [2.24, 2.45) is 0 Å². The zero-order valence-corrected chi connectivity index (χ0v) is 16.1. The number of ether oxygens (including phenoxy) is 1. The maximum absolute atomic E-state index is 12.0. The Labute approximate surface area is 174 Å². The molecule has 0 aliphatic heterocycles. The molecule has 0 aliphatic carbocycles. The van der Waals surface area contributed by atoms with Crippen molar-refractivity contribution < 1.29 is 14.6 Å². The van der Waals surface area contributed by atoms with Crippen molar-refractivity contribution in [1.29, 1.82) is 0 Å². The minimum Gasteiger partial charge on any atom is -0.487 e. The molecule has 0 fully saturated rings. The number of nitrogens with zero attached hydrogens (tertiary/aromatic N) is 4. The molecule has 0 amide bonds. The van der Waals surface area contributed by atoms with Gasteiger partial charge in [-0.3, -0.25) is 4.79 Å². The predicted molar refractivity (Wildman–Crippen MR) is 108 cm³/mol. The third kappa shape index (κ3) is 3.91. The van der Waals surface area contributed by atoms with Crippen LogP contribution >= 0.6 is 11.6 Å². The van der Waals surface area contributed by atoms with Crippen LogP contribution in [0.5, 0.6) is 5.75 Å². The summed E-state index contributed by atoms with van der Waals surface area (Å²) in [7, 11) is 0. The molecule has 0 atom stereocenters. The van der Waals surface area contributed by atoms with Crippen LogP contribution in [-0.4, -0.2) is 36.0 Å². The number of H-pyrrole nitrogens is 1. The first-order chi connectivity index (χ1) is 14.5. The number of carbonyl (C=O) groups is 1. The number of benzene rings is 2. The fraction of sp³-hybridized carbons (Fsp3) is 0.0500. The average Bonchev–Trinajstić information content (AvgIpc) is 3.27. The molecule has 0 spiro atoms. The Morgan fingerprint density at radius 1 is 1.23 bits per heavy atom. The summed E-state index contributed by atoms with van der Waals surface area (Å²) in [4.78, 5) is 29.5. The van der Waals surface area contributed by atoms with Gasteiger partial charge in [0.1, 0.15) is 29.4 Å². The minimum absolute atomic E-state index is 0.212. The van der Waals surface area contributed by atoms with Crippen LogP contribution < -0.4 is 10.3 Å². The van der Waals surface area contributed by atoms with Crippen molar-refractivity contribution in [3.8, 4) is 22.8 Å². The summed E-state index contributed by atoms with van der Waals surface area (Å²) >= 11 is 6.19. The lowest BCUT2D eigenvalue weighted by Gasteiger charge is -2.13. The second-order valence-electron chi connectivity index (χ2n) is 6.19. The highest BCUT2D eigenvalue weighted by molar-refractivity contribution is 6.31. The second kappa shape index (κ2) is 8.18. The summed E-state index contributed by atoms with van der Waals surface area (Å²) in [5.74, 6) is -0.625. The molecule has 30 heavy (non-hydrogen) atoms. The van der Waals surface area contributed by atoms with Gasteiger partial charge in [0.05, 0.1) is 12.4 Å². The Balaban J connectivity index is 1.71. The van der Waals surface area contributed by atoms with Gasteiger partial charge in [0.2, 0.25) is 0 Å². The van der Waals surface area contributed by atoms with E-state index in [0.29, 0.717) is 22.0 Å².